The molecule has 1 aliphatic rings. The minimum Gasteiger partial charge on any atom is -0.494 e. The van der Waals surface area contributed by atoms with Gasteiger partial charge in [-0.05, 0) is 87.2 Å². The van der Waals surface area contributed by atoms with Gasteiger partial charge in [-0.2, -0.15) is 0 Å². The Kier molecular flexibility index (Phi) is 11.7. The van der Waals surface area contributed by atoms with Gasteiger partial charge in [0.25, 0.3) is 10.0 Å². The van der Waals surface area contributed by atoms with Crippen molar-refractivity contribution in [2.45, 2.75) is 82.8 Å². The molecular weight excluding hydrogens is 598 g/mol. The van der Waals surface area contributed by atoms with Gasteiger partial charge in [0.15, 0.2) is 0 Å². The van der Waals surface area contributed by atoms with Crippen LogP contribution in [0, 0.1) is 6.92 Å². The number of anilines is 1. The van der Waals surface area contributed by atoms with E-state index in [0.29, 0.717) is 29.5 Å². The number of hydrogen-bond acceptors (Lipinski definition) is 5. The highest BCUT2D eigenvalue weighted by Crippen LogP contribution is 2.28. The first kappa shape index (κ1) is 33.3. The number of rotatable bonds is 13. The van der Waals surface area contributed by atoms with E-state index < -0.39 is 28.5 Å². The molecule has 44 heavy (non-hydrogen) atoms. The number of hydrogen-bond donors (Lipinski definition) is 1. The number of halogens is 1. The molecule has 1 aliphatic carbocycles. The normalized spacial score (nSPS) is 14.5. The van der Waals surface area contributed by atoms with E-state index >= 15 is 0 Å². The summed E-state index contributed by atoms with van der Waals surface area (Å²) in [7, 11) is -4.19. The minimum absolute atomic E-state index is 0.00393. The summed E-state index contributed by atoms with van der Waals surface area (Å²) in [5.41, 5.74) is 2.22. The lowest BCUT2D eigenvalue weighted by Crippen LogP contribution is -2.54. The smallest absolute Gasteiger partial charge is 0.264 e. The highest BCUT2D eigenvalue weighted by Gasteiger charge is 2.34. The standard InChI is InChI=1S/C34H42ClN3O5S/c1-4-32(34(40)36-28-9-7-6-8-10-28)37(23-26-13-11-25(3)12-14-26)33(39)24-38(29-17-19-30(20-18-29)43-5-2)44(41,42)31-21-15-27(35)16-22-31/h11-22,28,32H,4-10,23-24H2,1-3H3,(H,36,40)/t32-/m1/s1. The van der Waals surface area contributed by atoms with E-state index in [-0.39, 0.29) is 23.4 Å². The number of carbonyl (C=O) groups is 2. The number of aryl methyl sites for hydroxylation is 1. The van der Waals surface area contributed by atoms with Crippen LogP contribution in [-0.4, -0.2) is 50.4 Å². The van der Waals surface area contributed by atoms with Crippen molar-refractivity contribution in [3.63, 3.8) is 0 Å². The van der Waals surface area contributed by atoms with Gasteiger partial charge in [0.05, 0.1) is 17.2 Å². The number of sulfonamides is 1. The molecule has 2 amide bonds. The highest BCUT2D eigenvalue weighted by atomic mass is 35.5. The third kappa shape index (κ3) is 8.54. The molecule has 0 saturated heterocycles. The summed E-state index contributed by atoms with van der Waals surface area (Å²) in [6, 6.07) is 19.5. The molecule has 8 nitrogen and oxygen atoms in total. The fourth-order valence-corrected chi connectivity index (χ4v) is 7.03. The minimum atomic E-state index is -4.19. The lowest BCUT2D eigenvalue weighted by molar-refractivity contribution is -0.140. The molecule has 1 N–H and O–H groups in total. The Bertz CT molecular complexity index is 1490. The van der Waals surface area contributed by atoms with Crippen LogP contribution in [0.2, 0.25) is 5.02 Å². The maximum absolute atomic E-state index is 14.3. The molecule has 0 spiro atoms. The van der Waals surface area contributed by atoms with Gasteiger partial charge in [0, 0.05) is 17.6 Å². The lowest BCUT2D eigenvalue weighted by Gasteiger charge is -2.34. The van der Waals surface area contributed by atoms with Crippen LogP contribution < -0.4 is 14.4 Å². The average molecular weight is 640 g/mol. The van der Waals surface area contributed by atoms with E-state index in [1.54, 1.807) is 24.3 Å². The summed E-state index contributed by atoms with van der Waals surface area (Å²) >= 11 is 6.05. The van der Waals surface area contributed by atoms with E-state index in [0.717, 1.165) is 47.5 Å². The van der Waals surface area contributed by atoms with Crippen molar-refractivity contribution in [1.29, 1.82) is 0 Å². The van der Waals surface area contributed by atoms with Gasteiger partial charge in [-0.1, -0.05) is 67.6 Å². The fraction of sp³-hybridized carbons (Fsp3) is 0.412. The molecule has 0 aromatic heterocycles. The molecule has 3 aromatic carbocycles. The molecule has 1 saturated carbocycles. The van der Waals surface area contributed by atoms with Crippen molar-refractivity contribution >= 4 is 39.1 Å². The number of nitrogens with zero attached hydrogens (tertiary/aromatic N) is 2. The van der Waals surface area contributed by atoms with Crippen molar-refractivity contribution in [1.82, 2.24) is 10.2 Å². The summed E-state index contributed by atoms with van der Waals surface area (Å²) in [6.45, 7) is 5.83. The second-order valence-corrected chi connectivity index (χ2v) is 13.5. The van der Waals surface area contributed by atoms with Gasteiger partial charge in [0.1, 0.15) is 18.3 Å². The Labute approximate surface area is 266 Å². The molecule has 1 atom stereocenters. The van der Waals surface area contributed by atoms with Gasteiger partial charge < -0.3 is 15.0 Å². The number of carbonyl (C=O) groups excluding carboxylic acids is 2. The molecule has 10 heteroatoms. The molecule has 0 bridgehead atoms. The molecule has 4 rings (SSSR count). The fourth-order valence-electron chi connectivity index (χ4n) is 5.49. The number of nitrogens with one attached hydrogen (secondary N) is 1. The van der Waals surface area contributed by atoms with Crippen LogP contribution in [0.5, 0.6) is 5.75 Å². The number of ether oxygens (including phenoxy) is 1. The Morgan fingerprint density at radius 3 is 2.16 bits per heavy atom. The second kappa shape index (κ2) is 15.4. The maximum atomic E-state index is 14.3. The zero-order chi connectivity index (χ0) is 31.7. The number of benzene rings is 3. The zero-order valence-corrected chi connectivity index (χ0v) is 27.2. The molecular formula is C34H42ClN3O5S. The predicted octanol–water partition coefficient (Wildman–Crippen LogP) is 6.50. The van der Waals surface area contributed by atoms with Crippen LogP contribution in [0.1, 0.15) is 63.5 Å². The SMILES string of the molecule is CCOc1ccc(N(CC(=O)N(Cc2ccc(C)cc2)[C@H](CC)C(=O)NC2CCCCC2)S(=O)(=O)c2ccc(Cl)cc2)cc1. The van der Waals surface area contributed by atoms with Crippen LogP contribution in [0.15, 0.2) is 77.7 Å². The molecule has 1 fully saturated rings. The molecule has 0 aliphatic heterocycles. The molecule has 3 aromatic rings. The molecule has 0 radical (unpaired) electrons. The van der Waals surface area contributed by atoms with E-state index in [1.165, 1.54) is 29.2 Å². The Morgan fingerprint density at radius 2 is 1.57 bits per heavy atom. The van der Waals surface area contributed by atoms with Crippen molar-refractivity contribution in [2.24, 2.45) is 0 Å². The van der Waals surface area contributed by atoms with E-state index in [2.05, 4.69) is 5.32 Å². The highest BCUT2D eigenvalue weighted by molar-refractivity contribution is 7.92. The van der Waals surface area contributed by atoms with E-state index in [4.69, 9.17) is 16.3 Å². The summed E-state index contributed by atoms with van der Waals surface area (Å²) in [6.07, 6.45) is 5.49. The third-order valence-corrected chi connectivity index (χ3v) is 9.97. The summed E-state index contributed by atoms with van der Waals surface area (Å²) in [5.74, 6) is -0.117. The lowest BCUT2D eigenvalue weighted by atomic mass is 9.95. The van der Waals surface area contributed by atoms with Gasteiger partial charge in [0.2, 0.25) is 11.8 Å². The first-order chi connectivity index (χ1) is 21.1. The van der Waals surface area contributed by atoms with Crippen molar-refractivity contribution < 1.29 is 22.7 Å². The van der Waals surface area contributed by atoms with Gasteiger partial charge in [-0.15, -0.1) is 0 Å². The first-order valence-electron chi connectivity index (χ1n) is 15.3. The summed E-state index contributed by atoms with van der Waals surface area (Å²) in [4.78, 5) is 29.5. The van der Waals surface area contributed by atoms with E-state index in [9.17, 15) is 18.0 Å². The second-order valence-electron chi connectivity index (χ2n) is 11.2. The first-order valence-corrected chi connectivity index (χ1v) is 17.1. The Hall–Kier alpha value is -3.56. The largest absolute Gasteiger partial charge is 0.494 e. The predicted molar refractivity (Wildman–Crippen MR) is 174 cm³/mol. The Morgan fingerprint density at radius 1 is 0.932 bits per heavy atom. The quantitative estimate of drug-likeness (QED) is 0.230. The van der Waals surface area contributed by atoms with Gasteiger partial charge >= 0.3 is 0 Å². The Balaban J connectivity index is 1.70. The van der Waals surface area contributed by atoms with Crippen LogP contribution in [0.25, 0.3) is 0 Å². The zero-order valence-electron chi connectivity index (χ0n) is 25.7. The molecule has 0 unspecified atom stereocenters. The van der Waals surface area contributed by atoms with Crippen molar-refractivity contribution in [2.75, 3.05) is 17.5 Å². The molecule has 236 valence electrons. The monoisotopic (exact) mass is 639 g/mol. The van der Waals surface area contributed by atoms with Crippen LogP contribution in [0.4, 0.5) is 5.69 Å². The van der Waals surface area contributed by atoms with Gasteiger partial charge in [-0.3, -0.25) is 13.9 Å². The van der Waals surface area contributed by atoms with Gasteiger partial charge in [-0.25, -0.2) is 8.42 Å². The average Bonchev–Trinajstić information content (AvgIpc) is 3.02. The van der Waals surface area contributed by atoms with E-state index in [1.807, 2.05) is 45.0 Å². The van der Waals surface area contributed by atoms with Crippen molar-refractivity contribution in [3.8, 4) is 5.75 Å². The summed E-state index contributed by atoms with van der Waals surface area (Å²) in [5, 5.41) is 3.57. The van der Waals surface area contributed by atoms with Crippen molar-refractivity contribution in [3.05, 3.63) is 88.9 Å². The van der Waals surface area contributed by atoms with Crippen LogP contribution >= 0.6 is 11.6 Å². The topological polar surface area (TPSA) is 96.0 Å². The van der Waals surface area contributed by atoms with Crippen LogP contribution in [0.3, 0.4) is 0 Å². The van der Waals surface area contributed by atoms with Crippen LogP contribution in [-0.2, 0) is 26.2 Å². The summed E-state index contributed by atoms with van der Waals surface area (Å²) < 4.78 is 34.7. The number of amides is 2. The molecule has 0 heterocycles. The third-order valence-electron chi connectivity index (χ3n) is 7.93. The maximum Gasteiger partial charge on any atom is 0.264 e.